The first kappa shape index (κ1) is 17.1. The fourth-order valence-electron chi connectivity index (χ4n) is 2.75. The van der Waals surface area contributed by atoms with Crippen molar-refractivity contribution in [3.05, 3.63) is 83.0 Å². The monoisotopic (exact) mass is 379 g/mol. The molecule has 0 unspecified atom stereocenters. The van der Waals surface area contributed by atoms with Crippen LogP contribution < -0.4 is 5.32 Å². The largest absolute Gasteiger partial charge is 0.331 e. The van der Waals surface area contributed by atoms with Gasteiger partial charge in [0.05, 0.1) is 4.88 Å². The minimum Gasteiger partial charge on any atom is -0.331 e. The van der Waals surface area contributed by atoms with Crippen LogP contribution in [0.15, 0.2) is 60.9 Å². The highest BCUT2D eigenvalue weighted by molar-refractivity contribution is 7.20. The molecule has 0 fully saturated rings. The van der Waals surface area contributed by atoms with Crippen molar-refractivity contribution < 1.29 is 14.0 Å². The molecular weight excluding hydrogens is 365 g/mol. The van der Waals surface area contributed by atoms with Gasteiger partial charge in [-0.25, -0.2) is 9.37 Å². The second kappa shape index (κ2) is 6.77. The first-order valence-electron chi connectivity index (χ1n) is 8.14. The van der Waals surface area contributed by atoms with Crippen LogP contribution in [0.5, 0.6) is 0 Å². The molecule has 1 N–H and O–H groups in total. The number of anilines is 1. The number of hydrogen-bond acceptors (Lipinski definition) is 4. The highest BCUT2D eigenvalue weighted by Crippen LogP contribution is 2.28. The molecule has 2 aromatic heterocycles. The number of carbonyl (C=O) groups excluding carboxylic acids is 2. The standard InChI is InChI=1S/C20H14FN3O2S/c1-24-10-9-22-19(24)18(25)12-5-7-13(8-6-12)23-20(26)17-11-14-15(21)3-2-4-16(14)27-17/h2-11H,1H3,(H,23,26). The number of nitrogens with zero attached hydrogens (tertiary/aromatic N) is 2. The van der Waals surface area contributed by atoms with E-state index >= 15 is 0 Å². The number of aromatic nitrogens is 2. The van der Waals surface area contributed by atoms with Crippen LogP contribution in [0, 0.1) is 5.82 Å². The number of benzene rings is 2. The number of ketones is 1. The number of imidazole rings is 1. The summed E-state index contributed by atoms with van der Waals surface area (Å²) in [5.74, 6) is -0.516. The Morgan fingerprint density at radius 2 is 1.93 bits per heavy atom. The van der Waals surface area contributed by atoms with Crippen molar-refractivity contribution in [2.45, 2.75) is 0 Å². The summed E-state index contributed by atoms with van der Waals surface area (Å²) in [6.45, 7) is 0. The lowest BCUT2D eigenvalue weighted by Crippen LogP contribution is -2.11. The van der Waals surface area contributed by atoms with Crippen molar-refractivity contribution in [1.29, 1.82) is 0 Å². The summed E-state index contributed by atoms with van der Waals surface area (Å²) in [7, 11) is 1.75. The fraction of sp³-hybridized carbons (Fsp3) is 0.0500. The smallest absolute Gasteiger partial charge is 0.265 e. The van der Waals surface area contributed by atoms with Gasteiger partial charge >= 0.3 is 0 Å². The second-order valence-corrected chi connectivity index (χ2v) is 7.07. The van der Waals surface area contributed by atoms with Crippen molar-refractivity contribution in [3.63, 3.8) is 0 Å². The minimum absolute atomic E-state index is 0.194. The molecule has 4 aromatic rings. The van der Waals surface area contributed by atoms with E-state index in [1.165, 1.54) is 17.4 Å². The van der Waals surface area contributed by atoms with Crippen LogP contribution in [0.3, 0.4) is 0 Å². The summed E-state index contributed by atoms with van der Waals surface area (Å²) < 4.78 is 16.2. The number of halogens is 1. The van der Waals surface area contributed by atoms with Crippen molar-refractivity contribution >= 4 is 38.8 Å². The Bertz CT molecular complexity index is 1160. The van der Waals surface area contributed by atoms with Crippen LogP contribution in [0.2, 0.25) is 0 Å². The number of hydrogen-bond donors (Lipinski definition) is 1. The molecule has 7 heteroatoms. The highest BCUT2D eigenvalue weighted by Gasteiger charge is 2.15. The van der Waals surface area contributed by atoms with Crippen molar-refractivity contribution in [3.8, 4) is 0 Å². The summed E-state index contributed by atoms with van der Waals surface area (Å²) in [5.41, 5.74) is 1.03. The van der Waals surface area contributed by atoms with E-state index in [9.17, 15) is 14.0 Å². The van der Waals surface area contributed by atoms with Gasteiger partial charge < -0.3 is 9.88 Å². The number of nitrogens with one attached hydrogen (secondary N) is 1. The summed E-state index contributed by atoms with van der Waals surface area (Å²) >= 11 is 1.23. The maximum absolute atomic E-state index is 13.8. The first-order valence-corrected chi connectivity index (χ1v) is 8.96. The minimum atomic E-state index is -0.347. The fourth-order valence-corrected chi connectivity index (χ4v) is 3.72. The van der Waals surface area contributed by atoms with Gasteiger partial charge in [0.25, 0.3) is 5.91 Å². The predicted octanol–water partition coefficient (Wildman–Crippen LogP) is 4.26. The quantitative estimate of drug-likeness (QED) is 0.539. The van der Waals surface area contributed by atoms with Gasteiger partial charge in [-0.2, -0.15) is 0 Å². The molecule has 5 nitrogen and oxygen atoms in total. The van der Waals surface area contributed by atoms with Gasteiger partial charge in [-0.3, -0.25) is 9.59 Å². The van der Waals surface area contributed by atoms with Crippen molar-refractivity contribution in [2.24, 2.45) is 7.05 Å². The van der Waals surface area contributed by atoms with Gasteiger partial charge in [0.2, 0.25) is 5.78 Å². The van der Waals surface area contributed by atoms with E-state index in [2.05, 4.69) is 10.3 Å². The maximum atomic E-state index is 13.8. The number of thiophene rings is 1. The predicted molar refractivity (Wildman–Crippen MR) is 103 cm³/mol. The lowest BCUT2D eigenvalue weighted by molar-refractivity contribution is 0.102. The molecule has 2 aromatic carbocycles. The number of fused-ring (bicyclic) bond motifs is 1. The molecule has 0 spiro atoms. The Morgan fingerprint density at radius 1 is 1.15 bits per heavy atom. The number of aryl methyl sites for hydroxylation is 1. The zero-order valence-corrected chi connectivity index (χ0v) is 15.1. The third-order valence-corrected chi connectivity index (χ3v) is 5.26. The first-order chi connectivity index (χ1) is 13.0. The molecule has 0 atom stereocenters. The molecule has 0 aliphatic carbocycles. The van der Waals surface area contributed by atoms with Crippen LogP contribution in [0.4, 0.5) is 10.1 Å². The zero-order chi connectivity index (χ0) is 19.0. The lowest BCUT2D eigenvalue weighted by atomic mass is 10.1. The van der Waals surface area contributed by atoms with Crippen molar-refractivity contribution in [2.75, 3.05) is 5.32 Å². The average Bonchev–Trinajstić information content (AvgIpc) is 3.29. The summed E-state index contributed by atoms with van der Waals surface area (Å²) in [6.07, 6.45) is 3.27. The summed E-state index contributed by atoms with van der Waals surface area (Å²) in [5, 5.41) is 3.20. The molecule has 0 aliphatic heterocycles. The normalized spacial score (nSPS) is 10.9. The Morgan fingerprint density at radius 3 is 2.59 bits per heavy atom. The van der Waals surface area contributed by atoms with E-state index in [1.807, 2.05) is 0 Å². The van der Waals surface area contributed by atoms with Gasteiger partial charge in [-0.15, -0.1) is 11.3 Å². The number of amides is 1. The van der Waals surface area contributed by atoms with Crippen LogP contribution in [0.25, 0.3) is 10.1 Å². The van der Waals surface area contributed by atoms with Crippen LogP contribution >= 0.6 is 11.3 Å². The van der Waals surface area contributed by atoms with E-state index in [0.717, 1.165) is 4.70 Å². The SMILES string of the molecule is Cn1ccnc1C(=O)c1ccc(NC(=O)c2cc3c(F)cccc3s2)cc1. The topological polar surface area (TPSA) is 64.0 Å². The molecule has 4 rings (SSSR count). The highest BCUT2D eigenvalue weighted by atomic mass is 32.1. The van der Waals surface area contributed by atoms with E-state index in [1.54, 1.807) is 66.5 Å². The molecule has 27 heavy (non-hydrogen) atoms. The Kier molecular flexibility index (Phi) is 4.29. The average molecular weight is 379 g/mol. The molecule has 0 bridgehead atoms. The van der Waals surface area contributed by atoms with E-state index in [0.29, 0.717) is 27.3 Å². The van der Waals surface area contributed by atoms with E-state index < -0.39 is 0 Å². The zero-order valence-electron chi connectivity index (χ0n) is 14.3. The Hall–Kier alpha value is -3.32. The molecule has 134 valence electrons. The molecule has 2 heterocycles. The van der Waals surface area contributed by atoms with Crippen LogP contribution in [-0.2, 0) is 7.05 Å². The molecule has 1 amide bonds. The maximum Gasteiger partial charge on any atom is 0.265 e. The molecular formula is C20H14FN3O2S. The molecule has 0 radical (unpaired) electrons. The van der Waals surface area contributed by atoms with Gasteiger partial charge in [0, 0.05) is 40.8 Å². The third-order valence-electron chi connectivity index (χ3n) is 4.16. The summed E-state index contributed by atoms with van der Waals surface area (Å²) in [4.78, 5) is 29.3. The van der Waals surface area contributed by atoms with Gasteiger partial charge in [0.1, 0.15) is 5.82 Å². The van der Waals surface area contributed by atoms with Gasteiger partial charge in [0.15, 0.2) is 5.82 Å². The second-order valence-electron chi connectivity index (χ2n) is 5.98. The number of carbonyl (C=O) groups is 2. The summed E-state index contributed by atoms with van der Waals surface area (Å²) in [6, 6.07) is 12.9. The van der Waals surface area contributed by atoms with Gasteiger partial charge in [-0.05, 0) is 42.5 Å². The van der Waals surface area contributed by atoms with E-state index in [-0.39, 0.29) is 17.5 Å². The lowest BCUT2D eigenvalue weighted by Gasteiger charge is -2.05. The molecule has 0 aliphatic rings. The molecule has 0 saturated heterocycles. The van der Waals surface area contributed by atoms with Crippen LogP contribution in [0.1, 0.15) is 25.9 Å². The third kappa shape index (κ3) is 3.24. The molecule has 0 saturated carbocycles. The van der Waals surface area contributed by atoms with Gasteiger partial charge in [-0.1, -0.05) is 6.07 Å². The van der Waals surface area contributed by atoms with E-state index in [4.69, 9.17) is 0 Å². The number of rotatable bonds is 4. The van der Waals surface area contributed by atoms with Crippen LogP contribution in [-0.4, -0.2) is 21.2 Å². The van der Waals surface area contributed by atoms with Crippen molar-refractivity contribution in [1.82, 2.24) is 9.55 Å². The Labute approximate surface area is 158 Å². The Balaban J connectivity index is 1.52.